The number of nitrogens with one attached hydrogen (secondary N) is 1. The molecule has 1 aromatic heterocycles. The van der Waals surface area contributed by atoms with Crippen LogP contribution in [-0.4, -0.2) is 26.3 Å². The molecular weight excluding hydrogens is 437 g/mol. The second-order valence-electron chi connectivity index (χ2n) is 8.22. The predicted octanol–water partition coefficient (Wildman–Crippen LogP) is 2.97. The third kappa shape index (κ3) is 4.89. The Balaban J connectivity index is 1.83. The lowest BCUT2D eigenvalue weighted by Crippen LogP contribution is -2.46. The number of nitrogens with zero attached hydrogens (tertiary/aromatic N) is 3. The van der Waals surface area contributed by atoms with Gasteiger partial charge in [-0.3, -0.25) is 14.2 Å². The highest BCUT2D eigenvalue weighted by atomic mass is 19.4. The molecule has 1 aliphatic rings. The van der Waals surface area contributed by atoms with Gasteiger partial charge in [0.05, 0.1) is 17.8 Å². The second-order valence-corrected chi connectivity index (χ2v) is 8.22. The number of amides is 1. The van der Waals surface area contributed by atoms with Crippen molar-refractivity contribution in [2.24, 2.45) is 0 Å². The average molecular weight is 458 g/mol. The van der Waals surface area contributed by atoms with E-state index in [-0.39, 0.29) is 12.6 Å². The van der Waals surface area contributed by atoms with Crippen molar-refractivity contribution in [2.75, 3.05) is 0 Å². The van der Waals surface area contributed by atoms with Gasteiger partial charge in [-0.2, -0.15) is 23.0 Å². The van der Waals surface area contributed by atoms with Gasteiger partial charge in [0.15, 0.2) is 0 Å². The van der Waals surface area contributed by atoms with Crippen LogP contribution in [0.5, 0.6) is 0 Å². The Kier molecular flexibility index (Phi) is 5.69. The molecule has 3 aromatic rings. The summed E-state index contributed by atoms with van der Waals surface area (Å²) in [4.78, 5) is 38.9. The maximum atomic E-state index is 13.2. The largest absolute Gasteiger partial charge is 0.416 e. The molecule has 1 amide bonds. The quantitative estimate of drug-likeness (QED) is 0.637. The molecule has 2 aromatic carbocycles. The van der Waals surface area contributed by atoms with E-state index in [1.165, 1.54) is 12.1 Å². The van der Waals surface area contributed by atoms with E-state index in [2.05, 4.69) is 10.4 Å². The first-order valence-corrected chi connectivity index (χ1v) is 10.3. The maximum absolute atomic E-state index is 13.2. The number of benzene rings is 2. The van der Waals surface area contributed by atoms with E-state index < -0.39 is 34.6 Å². The van der Waals surface area contributed by atoms with Crippen molar-refractivity contribution < 1.29 is 18.0 Å². The summed E-state index contributed by atoms with van der Waals surface area (Å²) < 4.78 is 40.4. The van der Waals surface area contributed by atoms with Gasteiger partial charge >= 0.3 is 11.9 Å². The molecule has 0 spiro atoms. The lowest BCUT2D eigenvalue weighted by Gasteiger charge is -2.14. The van der Waals surface area contributed by atoms with E-state index in [1.54, 1.807) is 12.1 Å². The molecule has 7 nitrogen and oxygen atoms in total. The molecule has 1 heterocycles. The summed E-state index contributed by atoms with van der Waals surface area (Å²) in [5, 5.41) is 6.76. The van der Waals surface area contributed by atoms with E-state index in [9.17, 15) is 27.6 Å². The number of carbonyl (C=O) groups is 1. The van der Waals surface area contributed by atoms with Crippen LogP contribution in [0.1, 0.15) is 45.6 Å². The number of hydrogen-bond acceptors (Lipinski definition) is 4. The summed E-state index contributed by atoms with van der Waals surface area (Å²) in [6.45, 7) is 3.35. The Morgan fingerprint density at radius 3 is 2.21 bits per heavy atom. The zero-order valence-corrected chi connectivity index (χ0v) is 17.9. The van der Waals surface area contributed by atoms with Crippen molar-refractivity contribution in [3.05, 3.63) is 91.3 Å². The van der Waals surface area contributed by atoms with Gasteiger partial charge in [0.25, 0.3) is 11.5 Å². The molecule has 172 valence electrons. The van der Waals surface area contributed by atoms with E-state index in [4.69, 9.17) is 0 Å². The molecule has 0 radical (unpaired) electrons. The summed E-state index contributed by atoms with van der Waals surface area (Å²) in [6, 6.07) is 9.39. The highest BCUT2D eigenvalue weighted by Crippen LogP contribution is 2.29. The van der Waals surface area contributed by atoms with Crippen LogP contribution in [0, 0.1) is 13.8 Å². The van der Waals surface area contributed by atoms with Crippen LogP contribution in [0.3, 0.4) is 0 Å². The maximum Gasteiger partial charge on any atom is 0.416 e. The minimum absolute atomic E-state index is 0.0383. The fourth-order valence-corrected chi connectivity index (χ4v) is 3.50. The predicted molar refractivity (Wildman–Crippen MR) is 115 cm³/mol. The molecule has 0 saturated heterocycles. The lowest BCUT2D eigenvalue weighted by molar-refractivity contribution is -0.137. The Labute approximate surface area is 186 Å². The molecular formula is C23H21F3N4O3. The highest BCUT2D eigenvalue weighted by Gasteiger charge is 2.30. The molecule has 33 heavy (non-hydrogen) atoms. The number of aromatic nitrogens is 3. The second kappa shape index (κ2) is 8.34. The standard InChI is InChI=1S/C23H21F3N4O3/c1-13-9-14(2)11-18(10-13)30-22(33)29(12-15-3-5-16(6-4-15)23(24,25)26)21(32)19(28-30)20(31)27-17-7-8-17/h3-6,9-11,17H,7-8,12H2,1-2H3,(H,27,31). The number of halogens is 3. The Morgan fingerprint density at radius 1 is 1.06 bits per heavy atom. The van der Waals surface area contributed by atoms with Crippen LogP contribution in [0.2, 0.25) is 0 Å². The van der Waals surface area contributed by atoms with Crippen molar-refractivity contribution in [3.8, 4) is 5.69 Å². The fourth-order valence-electron chi connectivity index (χ4n) is 3.50. The molecule has 0 unspecified atom stereocenters. The van der Waals surface area contributed by atoms with Gasteiger partial charge in [-0.15, -0.1) is 0 Å². The smallest absolute Gasteiger partial charge is 0.348 e. The molecule has 1 saturated carbocycles. The number of hydrogen-bond donors (Lipinski definition) is 1. The molecule has 4 rings (SSSR count). The first-order chi connectivity index (χ1) is 15.5. The minimum atomic E-state index is -4.50. The monoisotopic (exact) mass is 458 g/mol. The summed E-state index contributed by atoms with van der Waals surface area (Å²) in [5.74, 6) is -0.693. The molecule has 1 N–H and O–H groups in total. The SMILES string of the molecule is Cc1cc(C)cc(-n2nc(C(=O)NC3CC3)c(=O)n(Cc3ccc(C(F)(F)F)cc3)c2=O)c1. The van der Waals surface area contributed by atoms with Crippen LogP contribution in [0.15, 0.2) is 52.1 Å². The van der Waals surface area contributed by atoms with Gasteiger partial charge in [-0.05, 0) is 67.6 Å². The zero-order chi connectivity index (χ0) is 23.9. The van der Waals surface area contributed by atoms with Gasteiger partial charge in [-0.1, -0.05) is 18.2 Å². The van der Waals surface area contributed by atoms with Crippen molar-refractivity contribution in [3.63, 3.8) is 0 Å². The Bertz CT molecular complexity index is 1320. The normalized spacial score (nSPS) is 13.7. The van der Waals surface area contributed by atoms with Crippen molar-refractivity contribution in [1.82, 2.24) is 19.7 Å². The van der Waals surface area contributed by atoms with Gasteiger partial charge < -0.3 is 5.32 Å². The lowest BCUT2D eigenvalue weighted by atomic mass is 10.1. The van der Waals surface area contributed by atoms with Gasteiger partial charge in [0, 0.05) is 6.04 Å². The molecule has 1 aliphatic carbocycles. The number of carbonyl (C=O) groups excluding carboxylic acids is 1. The average Bonchev–Trinajstić information content (AvgIpc) is 3.54. The van der Waals surface area contributed by atoms with Crippen LogP contribution in [-0.2, 0) is 12.7 Å². The highest BCUT2D eigenvalue weighted by molar-refractivity contribution is 5.92. The number of alkyl halides is 3. The molecule has 0 atom stereocenters. The molecule has 1 fully saturated rings. The van der Waals surface area contributed by atoms with Crippen molar-refractivity contribution >= 4 is 5.91 Å². The van der Waals surface area contributed by atoms with E-state index >= 15 is 0 Å². The summed E-state index contributed by atoms with van der Waals surface area (Å²) in [5.41, 5.74) is -0.621. The van der Waals surface area contributed by atoms with Gasteiger partial charge in [-0.25, -0.2) is 4.79 Å². The number of aryl methyl sites for hydroxylation is 2. The Hall–Kier alpha value is -3.69. The minimum Gasteiger partial charge on any atom is -0.348 e. The van der Waals surface area contributed by atoms with Crippen LogP contribution < -0.4 is 16.6 Å². The summed E-state index contributed by atoms with van der Waals surface area (Å²) in [7, 11) is 0. The third-order valence-electron chi connectivity index (χ3n) is 5.26. The molecule has 0 bridgehead atoms. The fraction of sp³-hybridized carbons (Fsp3) is 0.304. The number of rotatable bonds is 5. The first-order valence-electron chi connectivity index (χ1n) is 10.3. The van der Waals surface area contributed by atoms with E-state index in [0.29, 0.717) is 11.3 Å². The van der Waals surface area contributed by atoms with Crippen LogP contribution >= 0.6 is 0 Å². The third-order valence-corrected chi connectivity index (χ3v) is 5.26. The van der Waals surface area contributed by atoms with Crippen LogP contribution in [0.4, 0.5) is 13.2 Å². The summed E-state index contributed by atoms with van der Waals surface area (Å²) in [6.07, 6.45) is -2.92. The van der Waals surface area contributed by atoms with Gasteiger partial charge in [0.2, 0.25) is 5.69 Å². The van der Waals surface area contributed by atoms with E-state index in [0.717, 1.165) is 45.4 Å². The molecule has 0 aliphatic heterocycles. The first kappa shape index (κ1) is 22.5. The van der Waals surface area contributed by atoms with Crippen molar-refractivity contribution in [2.45, 2.75) is 45.5 Å². The zero-order valence-electron chi connectivity index (χ0n) is 17.9. The van der Waals surface area contributed by atoms with Gasteiger partial charge in [0.1, 0.15) is 0 Å². The summed E-state index contributed by atoms with van der Waals surface area (Å²) >= 11 is 0. The van der Waals surface area contributed by atoms with Crippen LogP contribution in [0.25, 0.3) is 5.69 Å². The van der Waals surface area contributed by atoms with E-state index in [1.807, 2.05) is 19.9 Å². The van der Waals surface area contributed by atoms with Crippen molar-refractivity contribution in [1.29, 1.82) is 0 Å². The Morgan fingerprint density at radius 2 is 1.67 bits per heavy atom. The molecule has 10 heteroatoms. The topological polar surface area (TPSA) is 86.0 Å².